The molecule has 24 heavy (non-hydrogen) atoms. The number of ether oxygens (including phenoxy) is 1. The van der Waals surface area contributed by atoms with Crippen molar-refractivity contribution < 1.29 is 9.13 Å². The Balaban J connectivity index is 2.00. The first-order valence-corrected chi connectivity index (χ1v) is 7.70. The van der Waals surface area contributed by atoms with Gasteiger partial charge < -0.3 is 4.74 Å². The fraction of sp³-hybridized carbons (Fsp3) is 0.235. The number of rotatable bonds is 3. The molecule has 122 valence electrons. The van der Waals surface area contributed by atoms with E-state index < -0.39 is 0 Å². The van der Waals surface area contributed by atoms with Gasteiger partial charge >= 0.3 is 0 Å². The average molecular weight is 325 g/mol. The van der Waals surface area contributed by atoms with E-state index >= 15 is 0 Å². The molecule has 0 saturated heterocycles. The number of fused-ring (bicyclic) bond motifs is 5. The molecule has 0 N–H and O–H groups in total. The number of aryl methyl sites for hydroxylation is 1. The van der Waals surface area contributed by atoms with Gasteiger partial charge in [-0.15, -0.1) is 5.10 Å². The molecular formula is C17H16FN5O. The van der Waals surface area contributed by atoms with Gasteiger partial charge in [0.25, 0.3) is 0 Å². The Bertz CT molecular complexity index is 956. The average Bonchev–Trinajstić information content (AvgIpc) is 3.10. The van der Waals surface area contributed by atoms with Crippen LogP contribution in [0.5, 0.6) is 0 Å². The van der Waals surface area contributed by atoms with Crippen LogP contribution in [0.15, 0.2) is 31.1 Å². The Morgan fingerprint density at radius 2 is 2.17 bits per heavy atom. The van der Waals surface area contributed by atoms with Crippen LogP contribution in [0.1, 0.15) is 29.7 Å². The highest BCUT2D eigenvalue weighted by Gasteiger charge is 2.26. The molecule has 2 aromatic heterocycles. The van der Waals surface area contributed by atoms with Crippen LogP contribution >= 0.6 is 0 Å². The van der Waals surface area contributed by atoms with Crippen molar-refractivity contribution in [3.8, 4) is 11.4 Å². The van der Waals surface area contributed by atoms with E-state index in [1.54, 1.807) is 17.1 Å². The molecule has 0 atom stereocenters. The Hall–Kier alpha value is -2.96. The van der Waals surface area contributed by atoms with Crippen LogP contribution in [0.3, 0.4) is 0 Å². The Morgan fingerprint density at radius 1 is 1.33 bits per heavy atom. The summed E-state index contributed by atoms with van der Waals surface area (Å²) in [6.07, 6.45) is 2.26. The van der Waals surface area contributed by atoms with E-state index in [2.05, 4.69) is 21.9 Å². The minimum Gasteiger partial charge on any atom is -0.492 e. The van der Waals surface area contributed by atoms with Crippen molar-refractivity contribution in [2.75, 3.05) is 6.61 Å². The van der Waals surface area contributed by atoms with Gasteiger partial charge in [0.1, 0.15) is 23.6 Å². The lowest BCUT2D eigenvalue weighted by atomic mass is 10.1. The normalized spacial score (nSPS) is 12.1. The molecule has 3 heterocycles. The molecule has 0 amide bonds. The molecular weight excluding hydrogens is 309 g/mol. The van der Waals surface area contributed by atoms with Gasteiger partial charge in [-0.3, -0.25) is 4.57 Å². The molecule has 0 radical (unpaired) electrons. The van der Waals surface area contributed by atoms with Crippen molar-refractivity contribution in [1.29, 1.82) is 0 Å². The minimum absolute atomic E-state index is 0.324. The summed E-state index contributed by atoms with van der Waals surface area (Å²) < 4.78 is 23.0. The molecule has 6 nitrogen and oxygen atoms in total. The summed E-state index contributed by atoms with van der Waals surface area (Å²) in [7, 11) is 0. The maximum absolute atomic E-state index is 13.8. The molecule has 0 unspecified atom stereocenters. The topological polar surface area (TPSA) is 57.8 Å². The summed E-state index contributed by atoms with van der Waals surface area (Å²) in [4.78, 5) is 4.46. The fourth-order valence-electron chi connectivity index (χ4n) is 3.03. The molecule has 0 spiro atoms. The quantitative estimate of drug-likeness (QED) is 0.544. The van der Waals surface area contributed by atoms with Gasteiger partial charge in [-0.05, 0) is 26.0 Å². The summed E-state index contributed by atoms with van der Waals surface area (Å²) in [6, 6.07) is 4.60. The summed E-state index contributed by atoms with van der Waals surface area (Å²) in [5.74, 6) is 0.198. The van der Waals surface area contributed by atoms with E-state index in [0.29, 0.717) is 30.2 Å². The zero-order valence-electron chi connectivity index (χ0n) is 13.5. The van der Waals surface area contributed by atoms with Crippen LogP contribution in [0, 0.1) is 12.7 Å². The molecule has 4 rings (SSSR count). The standard InChI is InChI=1S/C17H16FN5O/c1-4-24-11(3)17-16-8-14-10(2)20-21-23(14)15-7-12(18)5-6-13(15)22(16)9-19-17/h5-7,9H,3-4,8H2,1-2H3. The maximum atomic E-state index is 13.8. The molecule has 0 saturated carbocycles. The highest BCUT2D eigenvalue weighted by atomic mass is 19.1. The first-order chi connectivity index (χ1) is 11.6. The third kappa shape index (κ3) is 2.05. The first-order valence-electron chi connectivity index (χ1n) is 7.70. The Labute approximate surface area is 138 Å². The molecule has 7 heteroatoms. The van der Waals surface area contributed by atoms with Crippen molar-refractivity contribution in [1.82, 2.24) is 24.5 Å². The van der Waals surface area contributed by atoms with Crippen molar-refractivity contribution in [3.05, 3.63) is 59.7 Å². The second kappa shape index (κ2) is 5.30. The first kappa shape index (κ1) is 14.6. The smallest absolute Gasteiger partial charge is 0.139 e. The van der Waals surface area contributed by atoms with Crippen LogP contribution in [0.4, 0.5) is 4.39 Å². The molecule has 1 aliphatic rings. The number of aromatic nitrogens is 5. The van der Waals surface area contributed by atoms with Gasteiger partial charge in [0.05, 0.1) is 35.1 Å². The number of hydrogen-bond donors (Lipinski definition) is 0. The molecule has 3 aromatic rings. The summed E-state index contributed by atoms with van der Waals surface area (Å²) in [5, 5.41) is 8.33. The number of benzene rings is 1. The summed E-state index contributed by atoms with van der Waals surface area (Å²) in [6.45, 7) is 8.28. The van der Waals surface area contributed by atoms with Gasteiger partial charge in [0.15, 0.2) is 0 Å². The van der Waals surface area contributed by atoms with E-state index in [1.807, 2.05) is 18.4 Å². The fourth-order valence-corrected chi connectivity index (χ4v) is 3.03. The lowest BCUT2D eigenvalue weighted by molar-refractivity contribution is 0.297. The highest BCUT2D eigenvalue weighted by Crippen LogP contribution is 2.32. The number of imidazole rings is 1. The van der Waals surface area contributed by atoms with E-state index in [1.165, 1.54) is 12.1 Å². The second-order valence-corrected chi connectivity index (χ2v) is 5.61. The number of nitrogens with zero attached hydrogens (tertiary/aromatic N) is 5. The predicted molar refractivity (Wildman–Crippen MR) is 86.6 cm³/mol. The van der Waals surface area contributed by atoms with Crippen LogP contribution in [-0.4, -0.2) is 31.2 Å². The maximum Gasteiger partial charge on any atom is 0.139 e. The van der Waals surface area contributed by atoms with E-state index in [0.717, 1.165) is 22.8 Å². The van der Waals surface area contributed by atoms with Crippen molar-refractivity contribution in [2.24, 2.45) is 0 Å². The summed E-state index contributed by atoms with van der Waals surface area (Å²) >= 11 is 0. The lowest BCUT2D eigenvalue weighted by Crippen LogP contribution is -2.04. The van der Waals surface area contributed by atoms with Crippen molar-refractivity contribution in [2.45, 2.75) is 20.3 Å². The van der Waals surface area contributed by atoms with E-state index in [-0.39, 0.29) is 5.82 Å². The molecule has 0 aliphatic carbocycles. The predicted octanol–water partition coefficient (Wildman–Crippen LogP) is 2.81. The third-order valence-corrected chi connectivity index (χ3v) is 4.17. The minimum atomic E-state index is -0.324. The zero-order valence-corrected chi connectivity index (χ0v) is 13.5. The monoisotopic (exact) mass is 325 g/mol. The molecule has 1 aromatic carbocycles. The SMILES string of the molecule is C=C(OCC)c1ncn2c1Cc1c(C)nnn1-c1cc(F)ccc1-2. The highest BCUT2D eigenvalue weighted by molar-refractivity contribution is 5.62. The summed E-state index contributed by atoms with van der Waals surface area (Å²) in [5.41, 5.74) is 4.74. The third-order valence-electron chi connectivity index (χ3n) is 4.17. The Kier molecular flexibility index (Phi) is 3.23. The van der Waals surface area contributed by atoms with Gasteiger partial charge in [-0.1, -0.05) is 11.8 Å². The molecule has 1 aliphatic heterocycles. The molecule has 0 fully saturated rings. The second-order valence-electron chi connectivity index (χ2n) is 5.61. The number of halogens is 1. The lowest BCUT2D eigenvalue weighted by Gasteiger charge is -2.10. The van der Waals surface area contributed by atoms with Crippen LogP contribution < -0.4 is 0 Å². The van der Waals surface area contributed by atoms with Crippen LogP contribution in [0.25, 0.3) is 17.1 Å². The van der Waals surface area contributed by atoms with Gasteiger partial charge in [-0.2, -0.15) is 0 Å². The van der Waals surface area contributed by atoms with Crippen LogP contribution in [-0.2, 0) is 11.2 Å². The van der Waals surface area contributed by atoms with Gasteiger partial charge in [0, 0.05) is 12.5 Å². The molecule has 0 bridgehead atoms. The Morgan fingerprint density at radius 3 is 2.96 bits per heavy atom. The van der Waals surface area contributed by atoms with Gasteiger partial charge in [-0.25, -0.2) is 14.1 Å². The van der Waals surface area contributed by atoms with Crippen molar-refractivity contribution in [3.63, 3.8) is 0 Å². The van der Waals surface area contributed by atoms with E-state index in [9.17, 15) is 4.39 Å². The van der Waals surface area contributed by atoms with E-state index in [4.69, 9.17) is 4.74 Å². The number of hydrogen-bond acceptors (Lipinski definition) is 4. The van der Waals surface area contributed by atoms with Crippen molar-refractivity contribution >= 4 is 5.76 Å². The largest absolute Gasteiger partial charge is 0.492 e. The van der Waals surface area contributed by atoms with Crippen LogP contribution in [0.2, 0.25) is 0 Å². The zero-order chi connectivity index (χ0) is 16.8. The van der Waals surface area contributed by atoms with Gasteiger partial charge in [0.2, 0.25) is 0 Å².